The molecule has 8 nitrogen and oxygen atoms in total. The third-order valence-electron chi connectivity index (χ3n) is 4.07. The third-order valence-corrected chi connectivity index (χ3v) is 5.71. The van der Waals surface area contributed by atoms with E-state index in [9.17, 15) is 27.2 Å². The van der Waals surface area contributed by atoms with E-state index >= 15 is 0 Å². The standard InChI is InChI=1S/C20H16FN3O5S/c1-13(25)14-4-2-6-16(10-14)22-18(26)12-24-20(27)9-8-19(23-24)30(28,29)17-7-3-5-15(21)11-17/h2-11H,12H2,1H3,(H,22,26). The predicted octanol–water partition coefficient (Wildman–Crippen LogP) is 2.06. The molecule has 0 aliphatic carbocycles. The van der Waals surface area contributed by atoms with Gasteiger partial charge in [-0.2, -0.15) is 5.10 Å². The summed E-state index contributed by atoms with van der Waals surface area (Å²) in [6.45, 7) is 0.824. The van der Waals surface area contributed by atoms with Gasteiger partial charge in [-0.3, -0.25) is 14.4 Å². The molecule has 1 N–H and O–H groups in total. The van der Waals surface area contributed by atoms with Crippen molar-refractivity contribution in [3.05, 3.63) is 82.4 Å². The van der Waals surface area contributed by atoms with Gasteiger partial charge in [-0.15, -0.1) is 0 Å². The largest absolute Gasteiger partial charge is 0.324 e. The van der Waals surface area contributed by atoms with Crippen molar-refractivity contribution in [3.8, 4) is 0 Å². The normalized spacial score (nSPS) is 11.1. The lowest BCUT2D eigenvalue weighted by Crippen LogP contribution is -2.30. The van der Waals surface area contributed by atoms with E-state index in [1.807, 2.05) is 0 Å². The number of rotatable bonds is 6. The molecule has 3 aromatic rings. The Morgan fingerprint density at radius 2 is 1.80 bits per heavy atom. The molecule has 10 heteroatoms. The molecule has 3 rings (SSSR count). The van der Waals surface area contributed by atoms with E-state index in [0.717, 1.165) is 24.3 Å². The number of carbonyl (C=O) groups excluding carboxylic acids is 2. The second-order valence-electron chi connectivity index (χ2n) is 6.31. The Kier molecular flexibility index (Phi) is 5.88. The van der Waals surface area contributed by atoms with Gasteiger partial charge in [0.2, 0.25) is 15.7 Å². The van der Waals surface area contributed by atoms with Gasteiger partial charge in [0.25, 0.3) is 5.56 Å². The fraction of sp³-hybridized carbons (Fsp3) is 0.100. The van der Waals surface area contributed by atoms with Crippen LogP contribution in [0.1, 0.15) is 17.3 Å². The molecular weight excluding hydrogens is 413 g/mol. The Bertz CT molecular complexity index is 1300. The van der Waals surface area contributed by atoms with Crippen LogP contribution in [0.15, 0.2) is 75.4 Å². The van der Waals surface area contributed by atoms with Crippen LogP contribution in [0.25, 0.3) is 0 Å². The number of aromatic nitrogens is 2. The van der Waals surface area contributed by atoms with E-state index in [4.69, 9.17) is 0 Å². The molecule has 0 atom stereocenters. The molecule has 1 heterocycles. The highest BCUT2D eigenvalue weighted by Gasteiger charge is 2.21. The first-order valence-corrected chi connectivity index (χ1v) is 10.1. The zero-order valence-corrected chi connectivity index (χ0v) is 16.5. The van der Waals surface area contributed by atoms with Gasteiger partial charge in [0.1, 0.15) is 12.4 Å². The Hall–Kier alpha value is -3.66. The monoisotopic (exact) mass is 429 g/mol. The van der Waals surface area contributed by atoms with Crippen molar-refractivity contribution in [1.29, 1.82) is 0 Å². The number of amides is 1. The fourth-order valence-electron chi connectivity index (χ4n) is 2.59. The molecule has 0 spiro atoms. The highest BCUT2D eigenvalue weighted by atomic mass is 32.2. The van der Waals surface area contributed by atoms with Crippen LogP contribution in [-0.4, -0.2) is 29.9 Å². The van der Waals surface area contributed by atoms with Crippen LogP contribution < -0.4 is 10.9 Å². The lowest BCUT2D eigenvalue weighted by atomic mass is 10.1. The summed E-state index contributed by atoms with van der Waals surface area (Å²) in [6.07, 6.45) is 0. The highest BCUT2D eigenvalue weighted by Crippen LogP contribution is 2.18. The summed E-state index contributed by atoms with van der Waals surface area (Å²) in [5.41, 5.74) is 0.0383. The quantitative estimate of drug-likeness (QED) is 0.600. The summed E-state index contributed by atoms with van der Waals surface area (Å²) >= 11 is 0. The van der Waals surface area contributed by atoms with E-state index in [-0.39, 0.29) is 10.7 Å². The Morgan fingerprint density at radius 1 is 1.07 bits per heavy atom. The van der Waals surface area contributed by atoms with Crippen molar-refractivity contribution in [1.82, 2.24) is 9.78 Å². The Labute approximate surface area is 170 Å². The van der Waals surface area contributed by atoms with Gasteiger partial charge in [0.15, 0.2) is 10.8 Å². The van der Waals surface area contributed by atoms with E-state index < -0.39 is 38.7 Å². The molecule has 0 radical (unpaired) electrons. The number of Topliss-reactive ketones (excluding diaryl/α,β-unsaturated/α-hetero) is 1. The van der Waals surface area contributed by atoms with Crippen LogP contribution in [0.2, 0.25) is 0 Å². The Balaban J connectivity index is 1.85. The minimum absolute atomic E-state index is 0.181. The van der Waals surface area contributed by atoms with E-state index in [2.05, 4.69) is 10.4 Å². The number of nitrogens with zero attached hydrogens (tertiary/aromatic N) is 2. The number of ketones is 1. The Morgan fingerprint density at radius 3 is 2.50 bits per heavy atom. The average Bonchev–Trinajstić information content (AvgIpc) is 2.69. The molecule has 30 heavy (non-hydrogen) atoms. The highest BCUT2D eigenvalue weighted by molar-refractivity contribution is 7.91. The van der Waals surface area contributed by atoms with Crippen LogP contribution in [-0.2, 0) is 21.2 Å². The number of sulfone groups is 1. The first kappa shape index (κ1) is 21.1. The SMILES string of the molecule is CC(=O)c1cccc(NC(=O)Cn2nc(S(=O)(=O)c3cccc(F)c3)ccc2=O)c1. The van der Waals surface area contributed by atoms with Gasteiger partial charge >= 0.3 is 0 Å². The molecular formula is C20H16FN3O5S. The second kappa shape index (κ2) is 8.37. The summed E-state index contributed by atoms with van der Waals surface area (Å²) < 4.78 is 39.4. The lowest BCUT2D eigenvalue weighted by molar-refractivity contribution is -0.117. The molecule has 0 unspecified atom stereocenters. The van der Waals surface area contributed by atoms with Crippen LogP contribution in [0.3, 0.4) is 0 Å². The van der Waals surface area contributed by atoms with Crippen LogP contribution >= 0.6 is 0 Å². The van der Waals surface area contributed by atoms with Crippen molar-refractivity contribution < 1.29 is 22.4 Å². The van der Waals surface area contributed by atoms with Crippen molar-refractivity contribution in [2.45, 2.75) is 23.4 Å². The maximum absolute atomic E-state index is 13.4. The zero-order valence-electron chi connectivity index (χ0n) is 15.7. The van der Waals surface area contributed by atoms with E-state index in [1.165, 1.54) is 25.1 Å². The van der Waals surface area contributed by atoms with Crippen LogP contribution in [0.5, 0.6) is 0 Å². The second-order valence-corrected chi connectivity index (χ2v) is 8.21. The summed E-state index contributed by atoms with van der Waals surface area (Å²) in [5, 5.41) is 5.78. The van der Waals surface area contributed by atoms with E-state index in [0.29, 0.717) is 15.9 Å². The fourth-order valence-corrected chi connectivity index (χ4v) is 3.81. The number of hydrogen-bond donors (Lipinski definition) is 1. The first-order valence-electron chi connectivity index (χ1n) is 8.66. The van der Waals surface area contributed by atoms with Crippen molar-refractivity contribution in [3.63, 3.8) is 0 Å². The van der Waals surface area contributed by atoms with Crippen LogP contribution in [0, 0.1) is 5.82 Å². The molecule has 1 amide bonds. The molecule has 0 aliphatic heterocycles. The maximum Gasteiger partial charge on any atom is 0.267 e. The predicted molar refractivity (Wildman–Crippen MR) is 105 cm³/mol. The summed E-state index contributed by atoms with van der Waals surface area (Å²) in [5.74, 6) is -1.57. The average molecular weight is 429 g/mol. The maximum atomic E-state index is 13.4. The summed E-state index contributed by atoms with van der Waals surface area (Å²) in [4.78, 5) is 35.4. The summed E-state index contributed by atoms with van der Waals surface area (Å²) in [7, 11) is -4.19. The molecule has 0 fully saturated rings. The smallest absolute Gasteiger partial charge is 0.267 e. The molecule has 0 bridgehead atoms. The number of carbonyl (C=O) groups is 2. The lowest BCUT2D eigenvalue weighted by Gasteiger charge is -2.09. The molecule has 0 saturated heterocycles. The van der Waals surface area contributed by atoms with Crippen molar-refractivity contribution >= 4 is 27.2 Å². The van der Waals surface area contributed by atoms with Crippen molar-refractivity contribution in [2.24, 2.45) is 0 Å². The first-order chi connectivity index (χ1) is 14.2. The van der Waals surface area contributed by atoms with Gasteiger partial charge in [0, 0.05) is 17.3 Å². The van der Waals surface area contributed by atoms with Crippen molar-refractivity contribution in [2.75, 3.05) is 5.32 Å². The minimum Gasteiger partial charge on any atom is -0.324 e. The summed E-state index contributed by atoms with van der Waals surface area (Å²) in [6, 6.07) is 12.5. The van der Waals surface area contributed by atoms with Gasteiger partial charge in [-0.25, -0.2) is 17.5 Å². The topological polar surface area (TPSA) is 115 Å². The van der Waals surface area contributed by atoms with Crippen LogP contribution in [0.4, 0.5) is 10.1 Å². The van der Waals surface area contributed by atoms with Gasteiger partial charge in [-0.05, 0) is 43.3 Å². The van der Waals surface area contributed by atoms with Gasteiger partial charge < -0.3 is 5.32 Å². The molecule has 1 aromatic heterocycles. The number of benzene rings is 2. The van der Waals surface area contributed by atoms with E-state index in [1.54, 1.807) is 18.2 Å². The number of hydrogen-bond acceptors (Lipinski definition) is 6. The minimum atomic E-state index is -4.19. The molecule has 0 aliphatic rings. The molecule has 0 saturated carbocycles. The number of nitrogens with one attached hydrogen (secondary N) is 1. The molecule has 154 valence electrons. The van der Waals surface area contributed by atoms with Gasteiger partial charge in [0.05, 0.1) is 4.90 Å². The third kappa shape index (κ3) is 4.66. The number of halogens is 1. The zero-order chi connectivity index (χ0) is 21.9. The number of anilines is 1. The van der Waals surface area contributed by atoms with Gasteiger partial charge in [-0.1, -0.05) is 18.2 Å². The molecule has 2 aromatic carbocycles.